The lowest BCUT2D eigenvalue weighted by molar-refractivity contribution is 0.00881. The summed E-state index contributed by atoms with van der Waals surface area (Å²) in [6, 6.07) is 10.2. The number of fused-ring (bicyclic) bond motifs is 1. The van der Waals surface area contributed by atoms with Gasteiger partial charge in [0.2, 0.25) is 0 Å². The highest BCUT2D eigenvalue weighted by atomic mass is 32.1. The van der Waals surface area contributed by atoms with Gasteiger partial charge in [-0.25, -0.2) is 0 Å². The minimum Gasteiger partial charge on any atom is -0.384 e. The first-order valence-electron chi connectivity index (χ1n) is 5.47. The molecule has 0 bridgehead atoms. The van der Waals surface area contributed by atoms with Crippen LogP contribution < -0.4 is 5.73 Å². The lowest BCUT2D eigenvalue weighted by atomic mass is 9.89. The summed E-state index contributed by atoms with van der Waals surface area (Å²) in [7, 11) is 0. The molecule has 2 atom stereocenters. The molecule has 0 saturated heterocycles. The highest BCUT2D eigenvalue weighted by molar-refractivity contribution is 7.19. The van der Waals surface area contributed by atoms with Crippen LogP contribution >= 0.6 is 11.3 Å². The van der Waals surface area contributed by atoms with E-state index < -0.39 is 5.60 Å². The maximum atomic E-state index is 10.5. The Morgan fingerprint density at radius 2 is 2.12 bits per heavy atom. The molecule has 0 fully saturated rings. The smallest absolute Gasteiger partial charge is 0.0997 e. The quantitative estimate of drug-likeness (QED) is 0.859. The van der Waals surface area contributed by atoms with E-state index in [1.807, 2.05) is 26.0 Å². The molecule has 0 aliphatic rings. The van der Waals surface area contributed by atoms with Gasteiger partial charge in [-0.1, -0.05) is 25.1 Å². The van der Waals surface area contributed by atoms with Crippen LogP contribution in [0, 0.1) is 5.92 Å². The van der Waals surface area contributed by atoms with Crippen molar-refractivity contribution in [3.63, 3.8) is 0 Å². The minimum atomic E-state index is -0.835. The topological polar surface area (TPSA) is 46.2 Å². The van der Waals surface area contributed by atoms with Crippen molar-refractivity contribution in [3.8, 4) is 0 Å². The molecule has 1 heterocycles. The van der Waals surface area contributed by atoms with Crippen LogP contribution in [0.1, 0.15) is 18.7 Å². The molecule has 16 heavy (non-hydrogen) atoms. The van der Waals surface area contributed by atoms with Crippen LogP contribution in [0.3, 0.4) is 0 Å². The summed E-state index contributed by atoms with van der Waals surface area (Å²) in [6.07, 6.45) is 0. The number of aliphatic hydroxyl groups is 1. The van der Waals surface area contributed by atoms with Crippen molar-refractivity contribution in [3.05, 3.63) is 35.2 Å². The number of hydrogen-bond donors (Lipinski definition) is 2. The van der Waals surface area contributed by atoms with Gasteiger partial charge in [0.15, 0.2) is 0 Å². The van der Waals surface area contributed by atoms with Crippen LogP contribution in [0.25, 0.3) is 10.1 Å². The zero-order valence-electron chi connectivity index (χ0n) is 9.60. The molecule has 2 aromatic rings. The van der Waals surface area contributed by atoms with E-state index in [0.29, 0.717) is 6.54 Å². The van der Waals surface area contributed by atoms with Gasteiger partial charge in [0.05, 0.1) is 5.60 Å². The van der Waals surface area contributed by atoms with Crippen LogP contribution in [-0.4, -0.2) is 11.7 Å². The van der Waals surface area contributed by atoms with Gasteiger partial charge < -0.3 is 10.8 Å². The van der Waals surface area contributed by atoms with Gasteiger partial charge in [-0.3, -0.25) is 0 Å². The fourth-order valence-corrected chi connectivity index (χ4v) is 2.93. The van der Waals surface area contributed by atoms with E-state index in [4.69, 9.17) is 5.73 Å². The van der Waals surface area contributed by atoms with Gasteiger partial charge in [-0.2, -0.15) is 0 Å². The first-order valence-corrected chi connectivity index (χ1v) is 6.29. The largest absolute Gasteiger partial charge is 0.384 e. The Kier molecular flexibility index (Phi) is 3.02. The molecular weight excluding hydrogens is 218 g/mol. The molecule has 0 aliphatic carbocycles. The third-order valence-electron chi connectivity index (χ3n) is 3.24. The van der Waals surface area contributed by atoms with Crippen LogP contribution in [0.15, 0.2) is 30.3 Å². The maximum absolute atomic E-state index is 10.5. The third kappa shape index (κ3) is 1.86. The number of benzene rings is 1. The summed E-state index contributed by atoms with van der Waals surface area (Å²) in [5.41, 5.74) is 4.80. The van der Waals surface area contributed by atoms with E-state index >= 15 is 0 Å². The summed E-state index contributed by atoms with van der Waals surface area (Å²) in [5, 5.41) is 11.7. The van der Waals surface area contributed by atoms with Gasteiger partial charge in [0.1, 0.15) is 0 Å². The Hall–Kier alpha value is -0.900. The Bertz CT molecular complexity index is 456. The van der Waals surface area contributed by atoms with E-state index in [1.165, 1.54) is 10.1 Å². The van der Waals surface area contributed by atoms with E-state index in [-0.39, 0.29) is 5.92 Å². The highest BCUT2D eigenvalue weighted by Crippen LogP contribution is 2.37. The Balaban J connectivity index is 2.47. The average molecular weight is 235 g/mol. The number of nitrogens with two attached hydrogens (primary N) is 1. The van der Waals surface area contributed by atoms with Crippen molar-refractivity contribution in [1.29, 1.82) is 0 Å². The molecule has 3 heteroatoms. The van der Waals surface area contributed by atoms with Gasteiger partial charge in [-0.05, 0) is 31.0 Å². The first kappa shape index (κ1) is 11.6. The second kappa shape index (κ2) is 4.17. The molecule has 2 nitrogen and oxygen atoms in total. The summed E-state index contributed by atoms with van der Waals surface area (Å²) >= 11 is 1.64. The molecule has 1 aromatic heterocycles. The predicted molar refractivity (Wildman–Crippen MR) is 69.6 cm³/mol. The standard InChI is InChI=1S/C13H17NOS/c1-9(8-14)13(2,15)12-7-10-5-3-4-6-11(10)16-12/h3-7,9,15H,8,14H2,1-2H3. The van der Waals surface area contributed by atoms with Gasteiger partial charge in [0.25, 0.3) is 0 Å². The SMILES string of the molecule is CC(CN)C(C)(O)c1cc2ccccc2s1. The van der Waals surface area contributed by atoms with Crippen molar-refractivity contribution in [2.24, 2.45) is 11.7 Å². The molecule has 0 spiro atoms. The molecule has 0 aliphatic heterocycles. The summed E-state index contributed by atoms with van der Waals surface area (Å²) in [5.74, 6) is 0.0561. The molecule has 2 rings (SSSR count). The zero-order valence-corrected chi connectivity index (χ0v) is 10.4. The second-order valence-electron chi connectivity index (χ2n) is 4.43. The van der Waals surface area contributed by atoms with Crippen LogP contribution in [0.5, 0.6) is 0 Å². The Morgan fingerprint density at radius 1 is 1.44 bits per heavy atom. The Morgan fingerprint density at radius 3 is 2.75 bits per heavy atom. The van der Waals surface area contributed by atoms with Gasteiger partial charge in [-0.15, -0.1) is 11.3 Å². The molecule has 0 radical (unpaired) electrons. The maximum Gasteiger partial charge on any atom is 0.0997 e. The van der Waals surface area contributed by atoms with Crippen molar-refractivity contribution in [1.82, 2.24) is 0 Å². The summed E-state index contributed by atoms with van der Waals surface area (Å²) < 4.78 is 1.21. The lowest BCUT2D eigenvalue weighted by Crippen LogP contribution is -2.33. The molecule has 86 valence electrons. The monoisotopic (exact) mass is 235 g/mol. The minimum absolute atomic E-state index is 0.0561. The predicted octanol–water partition coefficient (Wildman–Crippen LogP) is 2.70. The van der Waals surface area contributed by atoms with Gasteiger partial charge in [0, 0.05) is 15.5 Å². The van der Waals surface area contributed by atoms with E-state index in [1.54, 1.807) is 11.3 Å². The fraction of sp³-hybridized carbons (Fsp3) is 0.385. The summed E-state index contributed by atoms with van der Waals surface area (Å²) in [4.78, 5) is 0.992. The van der Waals surface area contributed by atoms with Crippen LogP contribution in [-0.2, 0) is 5.60 Å². The number of rotatable bonds is 3. The normalized spacial score (nSPS) is 17.2. The Labute approximate surface area is 99.7 Å². The highest BCUT2D eigenvalue weighted by Gasteiger charge is 2.31. The van der Waals surface area contributed by atoms with E-state index in [0.717, 1.165) is 4.88 Å². The molecule has 3 N–H and O–H groups in total. The molecular formula is C13H17NOS. The average Bonchev–Trinajstić information content (AvgIpc) is 2.72. The van der Waals surface area contributed by atoms with Gasteiger partial charge >= 0.3 is 0 Å². The number of hydrogen-bond acceptors (Lipinski definition) is 3. The number of thiophene rings is 1. The molecule has 0 saturated carbocycles. The van der Waals surface area contributed by atoms with Crippen molar-refractivity contribution < 1.29 is 5.11 Å². The lowest BCUT2D eigenvalue weighted by Gasteiger charge is -2.28. The second-order valence-corrected chi connectivity index (χ2v) is 5.52. The van der Waals surface area contributed by atoms with E-state index in [9.17, 15) is 5.11 Å². The van der Waals surface area contributed by atoms with Crippen LogP contribution in [0.4, 0.5) is 0 Å². The zero-order chi connectivity index (χ0) is 11.8. The van der Waals surface area contributed by atoms with Crippen molar-refractivity contribution in [2.45, 2.75) is 19.4 Å². The molecule has 0 amide bonds. The van der Waals surface area contributed by atoms with Crippen LogP contribution in [0.2, 0.25) is 0 Å². The first-order chi connectivity index (χ1) is 7.55. The third-order valence-corrected chi connectivity index (χ3v) is 4.58. The summed E-state index contributed by atoms with van der Waals surface area (Å²) in [6.45, 7) is 4.31. The fourth-order valence-electron chi connectivity index (χ4n) is 1.70. The van der Waals surface area contributed by atoms with Crippen molar-refractivity contribution in [2.75, 3.05) is 6.54 Å². The molecule has 1 aromatic carbocycles. The van der Waals surface area contributed by atoms with Crippen molar-refractivity contribution >= 4 is 21.4 Å². The molecule has 2 unspecified atom stereocenters. The van der Waals surface area contributed by atoms with E-state index in [2.05, 4.69) is 18.2 Å².